The Morgan fingerprint density at radius 3 is 2.73 bits per heavy atom. The van der Waals surface area contributed by atoms with Crippen molar-refractivity contribution in [1.82, 2.24) is 14.9 Å². The van der Waals surface area contributed by atoms with Crippen LogP contribution >= 0.6 is 23.8 Å². The van der Waals surface area contributed by atoms with E-state index in [0.717, 1.165) is 16.9 Å². The number of methoxy groups -OCH3 is 1. The first kappa shape index (κ1) is 20.7. The summed E-state index contributed by atoms with van der Waals surface area (Å²) >= 11 is 12.2. The minimum absolute atomic E-state index is 0.0649. The molecule has 1 saturated heterocycles. The number of aryl methyl sites for hydroxylation is 1. The lowest BCUT2D eigenvalue weighted by Crippen LogP contribution is -2.29. The molecular formula is C22H23ClN4O2S. The molecule has 1 fully saturated rings. The quantitative estimate of drug-likeness (QED) is 0.435. The highest BCUT2D eigenvalue weighted by molar-refractivity contribution is 7.80. The Morgan fingerprint density at radius 1 is 1.20 bits per heavy atom. The lowest BCUT2D eigenvalue weighted by atomic mass is 9.98. The zero-order valence-electron chi connectivity index (χ0n) is 16.8. The molecule has 1 aliphatic heterocycles. The Kier molecular flexibility index (Phi) is 6.22. The SMILES string of the molecule is COCCOc1ccc(N2C(=S)N[C@H](c3ccccn3)[C@@H]2c2ccn(C)c2)cc1Cl. The van der Waals surface area contributed by atoms with Gasteiger partial charge in [-0.2, -0.15) is 0 Å². The predicted octanol–water partition coefficient (Wildman–Crippen LogP) is 4.28. The number of nitrogens with one attached hydrogen (secondary N) is 1. The van der Waals surface area contributed by atoms with Crippen LogP contribution in [0.15, 0.2) is 61.1 Å². The molecule has 3 aromatic rings. The molecule has 1 aromatic carbocycles. The molecule has 0 radical (unpaired) electrons. The summed E-state index contributed by atoms with van der Waals surface area (Å²) in [5.74, 6) is 0.619. The Morgan fingerprint density at radius 2 is 2.07 bits per heavy atom. The maximum Gasteiger partial charge on any atom is 0.174 e. The number of halogens is 1. The fourth-order valence-corrected chi connectivity index (χ4v) is 4.24. The van der Waals surface area contributed by atoms with Gasteiger partial charge in [-0.25, -0.2) is 0 Å². The summed E-state index contributed by atoms with van der Waals surface area (Å²) in [5.41, 5.74) is 2.96. The number of thiocarbonyl (C=S) groups is 1. The average Bonchev–Trinajstić information content (AvgIpc) is 3.33. The molecule has 0 spiro atoms. The summed E-state index contributed by atoms with van der Waals surface area (Å²) in [7, 11) is 3.64. The highest BCUT2D eigenvalue weighted by atomic mass is 35.5. The second-order valence-corrected chi connectivity index (χ2v) is 7.86. The Bertz CT molecular complexity index is 1030. The van der Waals surface area contributed by atoms with Crippen LogP contribution in [0.4, 0.5) is 5.69 Å². The van der Waals surface area contributed by atoms with Crippen LogP contribution < -0.4 is 15.0 Å². The van der Waals surface area contributed by atoms with Gasteiger partial charge < -0.3 is 24.3 Å². The fourth-order valence-electron chi connectivity index (χ4n) is 3.66. The van der Waals surface area contributed by atoms with E-state index < -0.39 is 0 Å². The summed E-state index contributed by atoms with van der Waals surface area (Å²) in [4.78, 5) is 6.66. The lowest BCUT2D eigenvalue weighted by molar-refractivity contribution is 0.146. The third-order valence-electron chi connectivity index (χ3n) is 5.03. The van der Waals surface area contributed by atoms with E-state index >= 15 is 0 Å². The van der Waals surface area contributed by atoms with E-state index in [9.17, 15) is 0 Å². The monoisotopic (exact) mass is 442 g/mol. The van der Waals surface area contributed by atoms with Crippen LogP contribution in [-0.2, 0) is 11.8 Å². The van der Waals surface area contributed by atoms with Gasteiger partial charge in [0.15, 0.2) is 5.11 Å². The van der Waals surface area contributed by atoms with Crippen molar-refractivity contribution in [2.45, 2.75) is 12.1 Å². The smallest absolute Gasteiger partial charge is 0.174 e. The molecule has 0 unspecified atom stereocenters. The molecule has 1 aliphatic rings. The molecule has 156 valence electrons. The Hall–Kier alpha value is -2.61. The van der Waals surface area contributed by atoms with Crippen molar-refractivity contribution in [3.63, 3.8) is 0 Å². The highest BCUT2D eigenvalue weighted by Crippen LogP contribution is 2.43. The van der Waals surface area contributed by atoms with Gasteiger partial charge >= 0.3 is 0 Å². The number of hydrogen-bond acceptors (Lipinski definition) is 4. The van der Waals surface area contributed by atoms with Crippen molar-refractivity contribution in [2.75, 3.05) is 25.2 Å². The van der Waals surface area contributed by atoms with E-state index in [2.05, 4.69) is 27.5 Å². The van der Waals surface area contributed by atoms with E-state index in [1.165, 1.54) is 0 Å². The number of nitrogens with zero attached hydrogens (tertiary/aromatic N) is 3. The highest BCUT2D eigenvalue weighted by Gasteiger charge is 2.41. The van der Waals surface area contributed by atoms with Crippen LogP contribution in [0, 0.1) is 0 Å². The zero-order chi connectivity index (χ0) is 21.1. The van der Waals surface area contributed by atoms with Crippen molar-refractivity contribution in [3.05, 3.63) is 77.3 Å². The van der Waals surface area contributed by atoms with Gasteiger partial charge in [-0.15, -0.1) is 0 Å². The molecule has 0 aliphatic carbocycles. The summed E-state index contributed by atoms with van der Waals surface area (Å²) in [5, 5.41) is 4.60. The first-order valence-electron chi connectivity index (χ1n) is 9.62. The number of ether oxygens (including phenoxy) is 2. The number of rotatable bonds is 7. The lowest BCUT2D eigenvalue weighted by Gasteiger charge is -2.27. The number of pyridine rings is 1. The number of aromatic nitrogens is 2. The zero-order valence-corrected chi connectivity index (χ0v) is 18.4. The van der Waals surface area contributed by atoms with Crippen molar-refractivity contribution in [3.8, 4) is 5.75 Å². The largest absolute Gasteiger partial charge is 0.490 e. The van der Waals surface area contributed by atoms with E-state index in [4.69, 9.17) is 33.3 Å². The van der Waals surface area contributed by atoms with Crippen molar-refractivity contribution in [2.24, 2.45) is 7.05 Å². The van der Waals surface area contributed by atoms with Crippen LogP contribution in [0.3, 0.4) is 0 Å². The normalized spacial score (nSPS) is 18.5. The molecule has 2 aromatic heterocycles. The van der Waals surface area contributed by atoms with E-state index in [0.29, 0.717) is 29.1 Å². The molecule has 8 heteroatoms. The maximum atomic E-state index is 6.51. The minimum Gasteiger partial charge on any atom is -0.490 e. The van der Waals surface area contributed by atoms with Gasteiger partial charge in [0.1, 0.15) is 12.4 Å². The van der Waals surface area contributed by atoms with Gasteiger partial charge in [0, 0.05) is 38.4 Å². The molecule has 4 rings (SSSR count). The van der Waals surface area contributed by atoms with Gasteiger partial charge in [0.25, 0.3) is 0 Å². The standard InChI is InChI=1S/C22H23ClN4O2S/c1-26-10-8-15(14-26)21-20(18-5-3-4-9-24-18)25-22(30)27(21)16-6-7-19(17(23)13-16)29-12-11-28-2/h3-10,13-14,20-21H,11-12H2,1-2H3,(H,25,30)/t20-,21+/m1/s1. The van der Waals surface area contributed by atoms with E-state index in [1.807, 2.05) is 54.2 Å². The van der Waals surface area contributed by atoms with Gasteiger partial charge in [0.05, 0.1) is 29.4 Å². The predicted molar refractivity (Wildman–Crippen MR) is 122 cm³/mol. The molecule has 3 heterocycles. The average molecular weight is 443 g/mol. The third-order valence-corrected chi connectivity index (χ3v) is 5.64. The molecule has 0 saturated carbocycles. The van der Waals surface area contributed by atoms with Crippen LogP contribution in [0.1, 0.15) is 23.3 Å². The topological polar surface area (TPSA) is 51.6 Å². The molecule has 30 heavy (non-hydrogen) atoms. The molecule has 0 bridgehead atoms. The molecule has 2 atom stereocenters. The van der Waals surface area contributed by atoms with Crippen molar-refractivity contribution in [1.29, 1.82) is 0 Å². The Labute approximate surface area is 186 Å². The number of hydrogen-bond donors (Lipinski definition) is 1. The van der Waals surface area contributed by atoms with E-state index in [1.54, 1.807) is 13.3 Å². The maximum absolute atomic E-state index is 6.51. The van der Waals surface area contributed by atoms with Crippen LogP contribution in [0.2, 0.25) is 5.02 Å². The summed E-state index contributed by atoms with van der Waals surface area (Å²) < 4.78 is 12.8. The van der Waals surface area contributed by atoms with Crippen LogP contribution in [0.5, 0.6) is 5.75 Å². The second-order valence-electron chi connectivity index (χ2n) is 7.06. The first-order chi connectivity index (χ1) is 14.6. The number of benzene rings is 1. The molecular weight excluding hydrogens is 420 g/mol. The van der Waals surface area contributed by atoms with Crippen LogP contribution in [0.25, 0.3) is 0 Å². The summed E-state index contributed by atoms with van der Waals surface area (Å²) in [6.45, 7) is 0.938. The molecule has 1 N–H and O–H groups in total. The van der Waals surface area contributed by atoms with Gasteiger partial charge in [-0.3, -0.25) is 4.98 Å². The second kappa shape index (κ2) is 9.04. The van der Waals surface area contributed by atoms with E-state index in [-0.39, 0.29) is 12.1 Å². The third kappa shape index (κ3) is 4.14. The van der Waals surface area contributed by atoms with Crippen LogP contribution in [-0.4, -0.2) is 35.0 Å². The molecule has 6 nitrogen and oxygen atoms in total. The number of anilines is 1. The van der Waals surface area contributed by atoms with Gasteiger partial charge in [-0.1, -0.05) is 17.7 Å². The Balaban J connectivity index is 1.70. The summed E-state index contributed by atoms with van der Waals surface area (Å²) in [6, 6.07) is 13.6. The van der Waals surface area contributed by atoms with Crippen molar-refractivity contribution < 1.29 is 9.47 Å². The first-order valence-corrected chi connectivity index (χ1v) is 10.4. The van der Waals surface area contributed by atoms with Crippen molar-refractivity contribution >= 4 is 34.6 Å². The molecule has 0 amide bonds. The summed E-state index contributed by atoms with van der Waals surface area (Å²) in [6.07, 6.45) is 5.94. The fraction of sp³-hybridized carbons (Fsp3) is 0.273. The van der Waals surface area contributed by atoms with Gasteiger partial charge in [0.2, 0.25) is 0 Å². The van der Waals surface area contributed by atoms with Gasteiger partial charge in [-0.05, 0) is 54.2 Å². The minimum atomic E-state index is -0.0856.